The van der Waals surface area contributed by atoms with Gasteiger partial charge in [0.05, 0.1) is 6.04 Å². The van der Waals surface area contributed by atoms with E-state index in [1.165, 1.54) is 12.1 Å². The van der Waals surface area contributed by atoms with Crippen molar-refractivity contribution < 1.29 is 13.6 Å². The quantitative estimate of drug-likeness (QED) is 0.893. The minimum Gasteiger partial charge on any atom is -0.348 e. The highest BCUT2D eigenvalue weighted by atomic mass is 19.1. The minimum absolute atomic E-state index is 0.0537. The van der Waals surface area contributed by atoms with E-state index in [9.17, 15) is 13.6 Å². The van der Waals surface area contributed by atoms with Crippen molar-refractivity contribution in [3.8, 4) is 0 Å². The minimum atomic E-state index is -0.621. The fourth-order valence-electron chi connectivity index (χ4n) is 3.13. The van der Waals surface area contributed by atoms with Gasteiger partial charge in [-0.1, -0.05) is 26.8 Å². The zero-order valence-corrected chi connectivity index (χ0v) is 14.2. The molecule has 1 amide bonds. The van der Waals surface area contributed by atoms with E-state index in [1.807, 2.05) is 20.8 Å². The lowest BCUT2D eigenvalue weighted by Crippen LogP contribution is -2.45. The second-order valence-corrected chi connectivity index (χ2v) is 7.55. The van der Waals surface area contributed by atoms with Crippen LogP contribution in [-0.2, 0) is 4.79 Å². The number of piperidine rings is 1. The molecule has 0 bridgehead atoms. The van der Waals surface area contributed by atoms with Crippen LogP contribution >= 0.6 is 0 Å². The molecule has 3 nitrogen and oxygen atoms in total. The zero-order chi connectivity index (χ0) is 17.2. The van der Waals surface area contributed by atoms with Gasteiger partial charge in [0, 0.05) is 23.6 Å². The Morgan fingerprint density at radius 2 is 2.04 bits per heavy atom. The highest BCUT2D eigenvalue weighted by molar-refractivity contribution is 5.79. The average molecular weight is 324 g/mol. The van der Waals surface area contributed by atoms with Gasteiger partial charge in [-0.2, -0.15) is 0 Å². The van der Waals surface area contributed by atoms with Crippen molar-refractivity contribution >= 4 is 5.91 Å². The van der Waals surface area contributed by atoms with Crippen molar-refractivity contribution in [3.63, 3.8) is 0 Å². The number of carbonyl (C=O) groups excluding carboxylic acids is 1. The molecule has 3 atom stereocenters. The number of hydrogen-bond acceptors (Lipinski definition) is 2. The molecular formula is C18H26F2N2O. The van der Waals surface area contributed by atoms with Crippen LogP contribution in [-0.4, -0.2) is 18.5 Å². The monoisotopic (exact) mass is 324 g/mol. The Labute approximate surface area is 136 Å². The molecule has 0 saturated carbocycles. The second-order valence-electron chi connectivity index (χ2n) is 7.55. The lowest BCUT2D eigenvalue weighted by molar-refractivity contribution is -0.127. The fourth-order valence-corrected chi connectivity index (χ4v) is 3.13. The van der Waals surface area contributed by atoms with E-state index < -0.39 is 17.7 Å². The van der Waals surface area contributed by atoms with Crippen molar-refractivity contribution in [2.45, 2.75) is 52.6 Å². The molecule has 0 spiro atoms. The zero-order valence-electron chi connectivity index (χ0n) is 14.2. The number of benzene rings is 1. The summed E-state index contributed by atoms with van der Waals surface area (Å²) < 4.78 is 27.4. The molecule has 23 heavy (non-hydrogen) atoms. The lowest BCUT2D eigenvalue weighted by atomic mass is 9.81. The maximum Gasteiger partial charge on any atom is 0.223 e. The second kappa shape index (κ2) is 6.95. The molecule has 128 valence electrons. The Kier molecular flexibility index (Phi) is 5.40. The summed E-state index contributed by atoms with van der Waals surface area (Å²) in [7, 11) is 0. The van der Waals surface area contributed by atoms with Gasteiger partial charge in [-0.05, 0) is 37.8 Å². The molecule has 1 aliphatic rings. The smallest absolute Gasteiger partial charge is 0.223 e. The third kappa shape index (κ3) is 4.50. The largest absolute Gasteiger partial charge is 0.348 e. The number of rotatable bonds is 3. The third-order valence-corrected chi connectivity index (χ3v) is 4.42. The molecule has 1 saturated heterocycles. The van der Waals surface area contributed by atoms with Gasteiger partial charge >= 0.3 is 0 Å². The van der Waals surface area contributed by atoms with Crippen molar-refractivity contribution in [1.82, 2.24) is 10.6 Å². The van der Waals surface area contributed by atoms with E-state index in [1.54, 1.807) is 0 Å². The van der Waals surface area contributed by atoms with Crippen LogP contribution in [0.5, 0.6) is 0 Å². The molecule has 1 unspecified atom stereocenters. The Hall–Kier alpha value is -1.49. The van der Waals surface area contributed by atoms with Crippen LogP contribution in [0, 0.1) is 23.0 Å². The maximum absolute atomic E-state index is 14.2. The summed E-state index contributed by atoms with van der Waals surface area (Å²) in [5.41, 5.74) is -0.0541. The molecule has 0 aliphatic carbocycles. The predicted octanol–water partition coefficient (Wildman–Crippen LogP) is 3.56. The van der Waals surface area contributed by atoms with E-state index in [-0.39, 0.29) is 17.2 Å². The van der Waals surface area contributed by atoms with E-state index in [0.29, 0.717) is 11.6 Å². The topological polar surface area (TPSA) is 41.1 Å². The summed E-state index contributed by atoms with van der Waals surface area (Å²) in [6.07, 6.45) is 1.55. The first kappa shape index (κ1) is 17.9. The van der Waals surface area contributed by atoms with Gasteiger partial charge in [-0.3, -0.25) is 4.79 Å². The highest BCUT2D eigenvalue weighted by Crippen LogP contribution is 2.35. The van der Waals surface area contributed by atoms with Crippen LogP contribution in [0.15, 0.2) is 18.2 Å². The van der Waals surface area contributed by atoms with Crippen LogP contribution in [0.3, 0.4) is 0 Å². The lowest BCUT2D eigenvalue weighted by Gasteiger charge is -2.35. The Morgan fingerprint density at radius 1 is 1.35 bits per heavy atom. The van der Waals surface area contributed by atoms with Crippen molar-refractivity contribution in [1.29, 1.82) is 0 Å². The summed E-state index contributed by atoms with van der Waals surface area (Å²) in [5.74, 6) is -1.36. The summed E-state index contributed by atoms with van der Waals surface area (Å²) >= 11 is 0. The summed E-state index contributed by atoms with van der Waals surface area (Å²) in [6, 6.07) is 3.32. The van der Waals surface area contributed by atoms with Gasteiger partial charge in [0.1, 0.15) is 11.6 Å². The number of hydrogen-bond donors (Lipinski definition) is 2. The van der Waals surface area contributed by atoms with E-state index in [4.69, 9.17) is 0 Å². The summed E-state index contributed by atoms with van der Waals surface area (Å²) in [5, 5.41) is 6.31. The number of carbonyl (C=O) groups is 1. The van der Waals surface area contributed by atoms with Crippen molar-refractivity contribution in [2.75, 3.05) is 6.54 Å². The standard InChI is InChI=1S/C18H26F2N2O/c1-11-9-12(7-8-21-11)17(23)22-16(18(2,3)4)14-6-5-13(19)10-15(14)20/h5-6,10-12,16,21H,7-9H2,1-4H3,(H,22,23)/t11-,12-,16?/m0/s1. The summed E-state index contributed by atoms with van der Waals surface area (Å²) in [4.78, 5) is 12.6. The van der Waals surface area contributed by atoms with E-state index in [2.05, 4.69) is 17.6 Å². The molecule has 0 radical (unpaired) electrons. The summed E-state index contributed by atoms with van der Waals surface area (Å²) in [6.45, 7) is 8.67. The van der Waals surface area contributed by atoms with Crippen molar-refractivity contribution in [2.24, 2.45) is 11.3 Å². The van der Waals surface area contributed by atoms with Crippen molar-refractivity contribution in [3.05, 3.63) is 35.4 Å². The first-order chi connectivity index (χ1) is 10.7. The highest BCUT2D eigenvalue weighted by Gasteiger charge is 2.33. The SMILES string of the molecule is C[C@H]1C[C@@H](C(=O)NC(c2ccc(F)cc2F)C(C)(C)C)CCN1. The Morgan fingerprint density at radius 3 is 2.61 bits per heavy atom. The molecular weight excluding hydrogens is 298 g/mol. The number of nitrogens with one attached hydrogen (secondary N) is 2. The van der Waals surface area contributed by atoms with Gasteiger partial charge in [-0.15, -0.1) is 0 Å². The normalized spacial score (nSPS) is 23.4. The number of amides is 1. The molecule has 1 fully saturated rings. The molecule has 2 N–H and O–H groups in total. The molecule has 2 rings (SSSR count). The van der Waals surface area contributed by atoms with Gasteiger partial charge in [0.15, 0.2) is 0 Å². The van der Waals surface area contributed by atoms with Gasteiger partial charge in [0.25, 0.3) is 0 Å². The molecule has 1 aromatic rings. The Bertz CT molecular complexity index is 569. The molecule has 5 heteroatoms. The molecule has 1 aromatic carbocycles. The van der Waals surface area contributed by atoms with Gasteiger partial charge in [0.2, 0.25) is 5.91 Å². The molecule has 1 aliphatic heterocycles. The van der Waals surface area contributed by atoms with Crippen LogP contribution in [0.25, 0.3) is 0 Å². The molecule has 0 aromatic heterocycles. The third-order valence-electron chi connectivity index (χ3n) is 4.42. The van der Waals surface area contributed by atoms with Crippen LogP contribution in [0.4, 0.5) is 8.78 Å². The van der Waals surface area contributed by atoms with E-state index >= 15 is 0 Å². The van der Waals surface area contributed by atoms with Gasteiger partial charge < -0.3 is 10.6 Å². The predicted molar refractivity (Wildman–Crippen MR) is 86.9 cm³/mol. The first-order valence-corrected chi connectivity index (χ1v) is 8.17. The molecule has 1 heterocycles. The van der Waals surface area contributed by atoms with Crippen LogP contribution in [0.2, 0.25) is 0 Å². The number of halogens is 2. The average Bonchev–Trinajstić information content (AvgIpc) is 2.44. The fraction of sp³-hybridized carbons (Fsp3) is 0.611. The van der Waals surface area contributed by atoms with Gasteiger partial charge in [-0.25, -0.2) is 8.78 Å². The van der Waals surface area contributed by atoms with Crippen LogP contribution < -0.4 is 10.6 Å². The maximum atomic E-state index is 14.2. The van der Waals surface area contributed by atoms with Crippen LogP contribution in [0.1, 0.15) is 52.1 Å². The first-order valence-electron chi connectivity index (χ1n) is 8.17. The Balaban J connectivity index is 2.21. The van der Waals surface area contributed by atoms with E-state index in [0.717, 1.165) is 25.5 Å².